The summed E-state index contributed by atoms with van der Waals surface area (Å²) >= 11 is 0. The Morgan fingerprint density at radius 3 is 2.50 bits per heavy atom. The maximum absolute atomic E-state index is 10.4. The van der Waals surface area contributed by atoms with Crippen molar-refractivity contribution < 1.29 is 10.2 Å². The largest absolute Gasteiger partial charge is 0.504 e. The molecule has 3 N–H and O–H groups in total. The van der Waals surface area contributed by atoms with Gasteiger partial charge in [0.2, 0.25) is 0 Å². The first-order valence-corrected chi connectivity index (χ1v) is 8.56. The van der Waals surface area contributed by atoms with Crippen LogP contribution in [-0.4, -0.2) is 22.8 Å². The highest BCUT2D eigenvalue weighted by Gasteiger charge is 2.35. The molecule has 4 rings (SSSR count). The van der Waals surface area contributed by atoms with Crippen LogP contribution in [0.25, 0.3) is 0 Å². The number of halogens is 1. The minimum absolute atomic E-state index is 0. The molecular weight excluding hydrogens is 366 g/mol. The number of hydrogen-bond acceptors (Lipinski definition) is 3. The smallest absolute Gasteiger partial charge is 0.160 e. The molecule has 0 spiro atoms. The molecule has 24 heavy (non-hydrogen) atoms. The Morgan fingerprint density at radius 2 is 1.79 bits per heavy atom. The van der Waals surface area contributed by atoms with Crippen molar-refractivity contribution in [3.05, 3.63) is 59.2 Å². The Hall–Kier alpha value is -1.52. The van der Waals surface area contributed by atoms with E-state index in [9.17, 15) is 10.2 Å². The molecule has 0 amide bonds. The lowest BCUT2D eigenvalue weighted by molar-refractivity contribution is 0.371. The van der Waals surface area contributed by atoms with Crippen LogP contribution >= 0.6 is 17.0 Å². The second-order valence-corrected chi connectivity index (χ2v) is 6.86. The van der Waals surface area contributed by atoms with E-state index < -0.39 is 0 Å². The minimum atomic E-state index is -0.00408. The van der Waals surface area contributed by atoms with Crippen LogP contribution in [0.1, 0.15) is 47.8 Å². The molecule has 1 aliphatic heterocycles. The fraction of sp³-hybridized carbons (Fsp3) is 0.400. The number of phenols is 2. The molecule has 3 atom stereocenters. The SMILES string of the molecule is Br.Oc1ccc2c(c1O)C[C@H](c1ccccc1)C[C@H]2[C@H]1CCCN1. The van der Waals surface area contributed by atoms with Gasteiger partial charge >= 0.3 is 0 Å². The third-order valence-electron chi connectivity index (χ3n) is 5.54. The van der Waals surface area contributed by atoms with Crippen molar-refractivity contribution in [3.8, 4) is 11.5 Å². The highest BCUT2D eigenvalue weighted by atomic mass is 79.9. The number of fused-ring (bicyclic) bond motifs is 1. The van der Waals surface area contributed by atoms with Gasteiger partial charge in [0.05, 0.1) is 0 Å². The summed E-state index contributed by atoms with van der Waals surface area (Å²) < 4.78 is 0. The van der Waals surface area contributed by atoms with Gasteiger partial charge in [0, 0.05) is 17.5 Å². The maximum atomic E-state index is 10.4. The molecule has 0 saturated carbocycles. The summed E-state index contributed by atoms with van der Waals surface area (Å²) in [5, 5.41) is 23.9. The fourth-order valence-electron chi connectivity index (χ4n) is 4.38. The lowest BCUT2D eigenvalue weighted by Gasteiger charge is -2.36. The summed E-state index contributed by atoms with van der Waals surface area (Å²) in [7, 11) is 0. The summed E-state index contributed by atoms with van der Waals surface area (Å²) in [4.78, 5) is 0. The molecule has 0 bridgehead atoms. The highest BCUT2D eigenvalue weighted by molar-refractivity contribution is 8.93. The van der Waals surface area contributed by atoms with Crippen LogP contribution in [0.4, 0.5) is 0 Å². The zero-order valence-electron chi connectivity index (χ0n) is 13.6. The molecule has 1 saturated heterocycles. The summed E-state index contributed by atoms with van der Waals surface area (Å²) in [5.41, 5.74) is 3.47. The van der Waals surface area contributed by atoms with E-state index in [0.717, 1.165) is 24.9 Å². The van der Waals surface area contributed by atoms with Crippen LogP contribution in [0.15, 0.2) is 42.5 Å². The van der Waals surface area contributed by atoms with E-state index >= 15 is 0 Å². The van der Waals surface area contributed by atoms with E-state index in [1.807, 2.05) is 12.1 Å². The summed E-state index contributed by atoms with van der Waals surface area (Å²) in [5.74, 6) is 0.864. The molecule has 0 unspecified atom stereocenters. The van der Waals surface area contributed by atoms with Gasteiger partial charge in [-0.1, -0.05) is 36.4 Å². The van der Waals surface area contributed by atoms with Gasteiger partial charge in [0.25, 0.3) is 0 Å². The number of nitrogens with one attached hydrogen (secondary N) is 1. The van der Waals surface area contributed by atoms with E-state index in [4.69, 9.17) is 0 Å². The highest BCUT2D eigenvalue weighted by Crippen LogP contribution is 2.47. The molecule has 0 aromatic heterocycles. The first-order chi connectivity index (χ1) is 11.2. The first-order valence-electron chi connectivity index (χ1n) is 8.56. The first kappa shape index (κ1) is 17.3. The van der Waals surface area contributed by atoms with E-state index in [-0.39, 0.29) is 28.5 Å². The van der Waals surface area contributed by atoms with Gasteiger partial charge in [-0.15, -0.1) is 17.0 Å². The standard InChI is InChI=1S/C20H23NO2.BrH/c22-19-9-8-15-16(18-7-4-10-21-18)11-14(12-17(15)20(19)23)13-5-2-1-3-6-13;/h1-3,5-6,8-9,14,16,18,21-23H,4,7,10-12H2;1H/t14-,16-,18-;/m1./s1. The minimum Gasteiger partial charge on any atom is -0.504 e. The number of rotatable bonds is 2. The fourth-order valence-corrected chi connectivity index (χ4v) is 4.38. The molecule has 1 fully saturated rings. The van der Waals surface area contributed by atoms with Crippen LogP contribution in [0.5, 0.6) is 11.5 Å². The zero-order valence-corrected chi connectivity index (χ0v) is 15.3. The van der Waals surface area contributed by atoms with Gasteiger partial charge in [0.15, 0.2) is 11.5 Å². The van der Waals surface area contributed by atoms with E-state index in [0.29, 0.717) is 17.9 Å². The number of phenolic OH excluding ortho intramolecular Hbond substituents is 2. The Balaban J connectivity index is 0.00000169. The maximum Gasteiger partial charge on any atom is 0.160 e. The summed E-state index contributed by atoms with van der Waals surface area (Å²) in [6.45, 7) is 1.08. The summed E-state index contributed by atoms with van der Waals surface area (Å²) in [6.07, 6.45) is 4.30. The van der Waals surface area contributed by atoms with E-state index in [2.05, 4.69) is 29.6 Å². The van der Waals surface area contributed by atoms with Crippen LogP contribution < -0.4 is 5.32 Å². The third kappa shape index (κ3) is 3.05. The quantitative estimate of drug-likeness (QED) is 0.673. The molecular formula is C20H24BrNO2. The zero-order chi connectivity index (χ0) is 15.8. The van der Waals surface area contributed by atoms with Crippen molar-refractivity contribution in [3.63, 3.8) is 0 Å². The van der Waals surface area contributed by atoms with Crippen molar-refractivity contribution in [2.75, 3.05) is 6.54 Å². The molecule has 1 aliphatic carbocycles. The second-order valence-electron chi connectivity index (χ2n) is 6.86. The molecule has 128 valence electrons. The summed E-state index contributed by atoms with van der Waals surface area (Å²) in [6, 6.07) is 14.7. The van der Waals surface area contributed by atoms with Gasteiger partial charge < -0.3 is 15.5 Å². The monoisotopic (exact) mass is 389 g/mol. The molecule has 2 aromatic carbocycles. The van der Waals surface area contributed by atoms with Crippen molar-refractivity contribution in [2.24, 2.45) is 0 Å². The van der Waals surface area contributed by atoms with Crippen LogP contribution in [0.3, 0.4) is 0 Å². The molecule has 2 aliphatic rings. The average molecular weight is 390 g/mol. The van der Waals surface area contributed by atoms with Gasteiger partial charge in [-0.3, -0.25) is 0 Å². The predicted molar refractivity (Wildman–Crippen MR) is 101 cm³/mol. The second kappa shape index (κ2) is 7.16. The lowest BCUT2D eigenvalue weighted by atomic mass is 9.71. The van der Waals surface area contributed by atoms with Gasteiger partial charge in [-0.25, -0.2) is 0 Å². The van der Waals surface area contributed by atoms with Crippen LogP contribution in [-0.2, 0) is 6.42 Å². The third-order valence-corrected chi connectivity index (χ3v) is 5.54. The molecule has 3 nitrogen and oxygen atoms in total. The predicted octanol–water partition coefficient (Wildman–Crippen LogP) is 4.24. The van der Waals surface area contributed by atoms with Crippen LogP contribution in [0.2, 0.25) is 0 Å². The Morgan fingerprint density at radius 1 is 1.00 bits per heavy atom. The molecule has 0 radical (unpaired) electrons. The van der Waals surface area contributed by atoms with Crippen LogP contribution in [0, 0.1) is 0 Å². The molecule has 1 heterocycles. The Labute approximate surface area is 153 Å². The topological polar surface area (TPSA) is 52.5 Å². The van der Waals surface area contributed by atoms with Crippen molar-refractivity contribution in [1.82, 2.24) is 5.32 Å². The Bertz CT molecular complexity index is 698. The average Bonchev–Trinajstić information content (AvgIpc) is 3.13. The van der Waals surface area contributed by atoms with Crippen molar-refractivity contribution in [2.45, 2.75) is 43.6 Å². The van der Waals surface area contributed by atoms with Crippen molar-refractivity contribution >= 4 is 17.0 Å². The van der Waals surface area contributed by atoms with Gasteiger partial charge in [0.1, 0.15) is 0 Å². The van der Waals surface area contributed by atoms with E-state index in [1.54, 1.807) is 6.07 Å². The van der Waals surface area contributed by atoms with Gasteiger partial charge in [-0.2, -0.15) is 0 Å². The Kier molecular flexibility index (Phi) is 5.16. The van der Waals surface area contributed by atoms with Crippen molar-refractivity contribution in [1.29, 1.82) is 0 Å². The van der Waals surface area contributed by atoms with E-state index in [1.165, 1.54) is 24.0 Å². The number of aromatic hydroxyl groups is 2. The number of hydrogen-bond donors (Lipinski definition) is 3. The normalized spacial score (nSPS) is 25.8. The molecule has 2 aromatic rings. The molecule has 4 heteroatoms. The van der Waals surface area contributed by atoms with Gasteiger partial charge in [-0.05, 0) is 55.3 Å². The number of benzene rings is 2. The lowest BCUT2D eigenvalue weighted by Crippen LogP contribution is -2.33.